The van der Waals surface area contributed by atoms with Gasteiger partial charge in [0, 0.05) is 12.7 Å². The first-order valence-corrected chi connectivity index (χ1v) is 10.2. The maximum atomic E-state index is 12.9. The minimum absolute atomic E-state index is 0.0999. The molecule has 6 heteroatoms. The highest BCUT2D eigenvalue weighted by Crippen LogP contribution is 2.28. The van der Waals surface area contributed by atoms with Gasteiger partial charge in [0.05, 0.1) is 23.1 Å². The molecule has 0 saturated carbocycles. The van der Waals surface area contributed by atoms with Crippen LogP contribution in [0.5, 0.6) is 0 Å². The number of nitrogens with one attached hydrogen (secondary N) is 1. The number of carbonyl (C=O) groups is 1. The second kappa shape index (κ2) is 7.77. The summed E-state index contributed by atoms with van der Waals surface area (Å²) in [6.45, 7) is 8.12. The monoisotopic (exact) mass is 411 g/mol. The maximum absolute atomic E-state index is 12.9. The highest BCUT2D eigenvalue weighted by atomic mass is 16.2. The molecule has 31 heavy (non-hydrogen) atoms. The van der Waals surface area contributed by atoms with Crippen molar-refractivity contribution in [3.8, 4) is 6.07 Å². The smallest absolute Gasteiger partial charge is 0.243 e. The lowest BCUT2D eigenvalue weighted by Gasteiger charge is -2.22. The van der Waals surface area contributed by atoms with Crippen molar-refractivity contribution in [1.82, 2.24) is 9.38 Å². The van der Waals surface area contributed by atoms with Crippen molar-refractivity contribution >= 4 is 34.1 Å². The summed E-state index contributed by atoms with van der Waals surface area (Å²) in [6, 6.07) is 16.1. The number of amides is 1. The van der Waals surface area contributed by atoms with E-state index in [1.165, 1.54) is 5.56 Å². The molecule has 6 nitrogen and oxygen atoms in total. The number of pyridine rings is 1. The number of nitriles is 1. The molecule has 0 aliphatic carbocycles. The molecule has 1 amide bonds. The fourth-order valence-corrected chi connectivity index (χ4v) is 4.20. The number of benzene rings is 2. The number of aryl methyl sites for hydroxylation is 4. The number of anilines is 2. The van der Waals surface area contributed by atoms with Crippen LogP contribution in [0.3, 0.4) is 0 Å². The Hall–Kier alpha value is -3.85. The fourth-order valence-electron chi connectivity index (χ4n) is 4.20. The number of hydrogen-bond donors (Lipinski definition) is 1. The number of hydrogen-bond acceptors (Lipinski definition) is 4. The van der Waals surface area contributed by atoms with Gasteiger partial charge in [-0.3, -0.25) is 9.20 Å². The number of carbonyl (C=O) groups excluding carboxylic acids is 1. The lowest BCUT2D eigenvalue weighted by molar-refractivity contribution is -0.114. The average molecular weight is 412 g/mol. The van der Waals surface area contributed by atoms with E-state index < -0.39 is 0 Å². The third-order valence-corrected chi connectivity index (χ3v) is 5.58. The van der Waals surface area contributed by atoms with Gasteiger partial charge >= 0.3 is 0 Å². The summed E-state index contributed by atoms with van der Waals surface area (Å²) in [5.74, 6) is 0.713. The number of imidazole rings is 1. The van der Waals surface area contributed by atoms with E-state index in [0.29, 0.717) is 11.2 Å². The average Bonchev–Trinajstić information content (AvgIpc) is 3.09. The second-order valence-electron chi connectivity index (χ2n) is 8.11. The van der Waals surface area contributed by atoms with Gasteiger partial charge < -0.3 is 10.2 Å². The predicted octanol–water partition coefficient (Wildman–Crippen LogP) is 4.67. The van der Waals surface area contributed by atoms with Gasteiger partial charge in [-0.25, -0.2) is 4.98 Å². The van der Waals surface area contributed by atoms with Gasteiger partial charge in [-0.1, -0.05) is 29.8 Å². The molecule has 0 spiro atoms. The van der Waals surface area contributed by atoms with Crippen LogP contribution in [0.25, 0.3) is 16.7 Å². The van der Waals surface area contributed by atoms with E-state index in [1.54, 1.807) is 0 Å². The van der Waals surface area contributed by atoms with Gasteiger partial charge in [0.15, 0.2) is 5.65 Å². The summed E-state index contributed by atoms with van der Waals surface area (Å²) < 4.78 is 1.95. The topological polar surface area (TPSA) is 73.4 Å². The molecule has 2 heterocycles. The first-order valence-electron chi connectivity index (χ1n) is 10.2. The van der Waals surface area contributed by atoms with E-state index in [2.05, 4.69) is 28.5 Å². The van der Waals surface area contributed by atoms with E-state index in [0.717, 1.165) is 39.2 Å². The van der Waals surface area contributed by atoms with Crippen molar-refractivity contribution in [3.63, 3.8) is 0 Å². The molecule has 0 aliphatic rings. The summed E-state index contributed by atoms with van der Waals surface area (Å²) in [5, 5.41) is 12.7. The summed E-state index contributed by atoms with van der Waals surface area (Å²) in [4.78, 5) is 19.5. The summed E-state index contributed by atoms with van der Waals surface area (Å²) in [7, 11) is 1.88. The minimum Gasteiger partial charge on any atom is -0.351 e. The Bertz CT molecular complexity index is 1350. The van der Waals surface area contributed by atoms with Crippen molar-refractivity contribution in [3.05, 3.63) is 70.3 Å². The van der Waals surface area contributed by atoms with Crippen molar-refractivity contribution < 1.29 is 4.79 Å². The lowest BCUT2D eigenvalue weighted by Crippen LogP contribution is -2.31. The molecule has 0 bridgehead atoms. The van der Waals surface area contributed by atoms with Gasteiger partial charge in [0.2, 0.25) is 5.91 Å². The number of aromatic nitrogens is 2. The molecular weight excluding hydrogens is 386 g/mol. The van der Waals surface area contributed by atoms with E-state index in [4.69, 9.17) is 0 Å². The van der Waals surface area contributed by atoms with Gasteiger partial charge in [-0.2, -0.15) is 5.26 Å². The molecule has 1 N–H and O–H groups in total. The molecule has 2 aromatic carbocycles. The van der Waals surface area contributed by atoms with Crippen LogP contribution in [-0.2, 0) is 4.79 Å². The third kappa shape index (κ3) is 3.59. The zero-order valence-electron chi connectivity index (χ0n) is 18.4. The Balaban J connectivity index is 1.72. The molecular formula is C25H25N5O. The fraction of sp³-hybridized carbons (Fsp3) is 0.240. The second-order valence-corrected chi connectivity index (χ2v) is 8.11. The van der Waals surface area contributed by atoms with Crippen LogP contribution in [0.1, 0.15) is 27.8 Å². The molecule has 2 aromatic heterocycles. The minimum atomic E-state index is -0.0999. The number of rotatable bonds is 4. The van der Waals surface area contributed by atoms with Crippen LogP contribution in [-0.4, -0.2) is 28.9 Å². The van der Waals surface area contributed by atoms with E-state index in [-0.39, 0.29) is 12.5 Å². The van der Waals surface area contributed by atoms with Crippen LogP contribution < -0.4 is 10.2 Å². The molecule has 0 fully saturated rings. The van der Waals surface area contributed by atoms with Gasteiger partial charge in [-0.15, -0.1) is 0 Å². The Morgan fingerprint density at radius 1 is 1.10 bits per heavy atom. The Morgan fingerprint density at radius 3 is 2.45 bits per heavy atom. The van der Waals surface area contributed by atoms with Crippen molar-refractivity contribution in [2.24, 2.45) is 0 Å². The lowest BCUT2D eigenvalue weighted by atomic mass is 10.1. The first kappa shape index (κ1) is 20.4. The SMILES string of the molecule is Cc1cc(C)c(NC(=O)CN(C)c2cc(C)c(C#N)c3nc4ccccc4n23)c(C)c1. The van der Waals surface area contributed by atoms with E-state index in [9.17, 15) is 10.1 Å². The van der Waals surface area contributed by atoms with Crippen molar-refractivity contribution in [2.45, 2.75) is 27.7 Å². The Kier molecular flexibility index (Phi) is 5.12. The van der Waals surface area contributed by atoms with Crippen molar-refractivity contribution in [1.29, 1.82) is 5.26 Å². The highest BCUT2D eigenvalue weighted by Gasteiger charge is 2.19. The zero-order chi connectivity index (χ0) is 22.3. The molecule has 0 aliphatic heterocycles. The number of para-hydroxylation sites is 2. The molecule has 156 valence electrons. The highest BCUT2D eigenvalue weighted by molar-refractivity contribution is 5.95. The Labute approximate surface area is 181 Å². The summed E-state index contributed by atoms with van der Waals surface area (Å²) >= 11 is 0. The number of fused-ring (bicyclic) bond motifs is 3. The standard InChI is InChI=1S/C25H25N5O/c1-15-10-17(3)24(18(4)11-15)28-22(31)14-29(5)23-12-16(2)19(13-26)25-27-20-8-6-7-9-21(20)30(23)25/h6-12H,14H2,1-5H3,(H,28,31). The van der Waals surface area contributed by atoms with Crippen LogP contribution >= 0.6 is 0 Å². The molecule has 0 radical (unpaired) electrons. The number of likely N-dealkylation sites (N-methyl/N-ethyl adjacent to an activating group) is 1. The molecule has 0 atom stereocenters. The van der Waals surface area contributed by atoms with E-state index in [1.807, 2.05) is 74.4 Å². The largest absolute Gasteiger partial charge is 0.351 e. The zero-order valence-corrected chi connectivity index (χ0v) is 18.4. The third-order valence-electron chi connectivity index (χ3n) is 5.58. The summed E-state index contributed by atoms with van der Waals surface area (Å²) in [6.07, 6.45) is 0. The first-order chi connectivity index (χ1) is 14.8. The molecule has 0 saturated heterocycles. The normalized spacial score (nSPS) is 11.0. The van der Waals surface area contributed by atoms with Gasteiger partial charge in [0.25, 0.3) is 0 Å². The van der Waals surface area contributed by atoms with Crippen LogP contribution in [0.15, 0.2) is 42.5 Å². The molecule has 4 rings (SSSR count). The maximum Gasteiger partial charge on any atom is 0.243 e. The van der Waals surface area contributed by atoms with Crippen LogP contribution in [0.4, 0.5) is 11.5 Å². The van der Waals surface area contributed by atoms with Crippen LogP contribution in [0.2, 0.25) is 0 Å². The van der Waals surface area contributed by atoms with Crippen LogP contribution in [0, 0.1) is 39.0 Å². The molecule has 0 unspecified atom stereocenters. The van der Waals surface area contributed by atoms with Gasteiger partial charge in [-0.05, 0) is 62.6 Å². The number of nitrogens with zero attached hydrogens (tertiary/aromatic N) is 4. The predicted molar refractivity (Wildman–Crippen MR) is 125 cm³/mol. The quantitative estimate of drug-likeness (QED) is 0.530. The Morgan fingerprint density at radius 2 is 1.77 bits per heavy atom. The summed E-state index contributed by atoms with van der Waals surface area (Å²) in [5.41, 5.74) is 7.83. The van der Waals surface area contributed by atoms with Crippen molar-refractivity contribution in [2.75, 3.05) is 23.8 Å². The molecule has 4 aromatic rings. The van der Waals surface area contributed by atoms with Gasteiger partial charge in [0.1, 0.15) is 11.9 Å². The van der Waals surface area contributed by atoms with E-state index >= 15 is 0 Å².